The first-order chi connectivity index (χ1) is 12.5. The Bertz CT molecular complexity index is 920. The number of carbonyl (C=O) groups excluding carboxylic acids is 2. The molecule has 1 aliphatic rings. The molecule has 1 fully saturated rings. The normalized spacial score (nSPS) is 13.5. The molecular weight excluding hydrogens is 334 g/mol. The standard InChI is InChI=1S/C18H19N5O3/c1-26-18(25)16-15(20)11(9-19)10-23(16)12-4-5-13(17(21)24)14(8-12)22-6-2-3-7-22/h4-5,8,10H,2-3,6-7,20H2,1H3,(H2,21,24). The zero-order valence-corrected chi connectivity index (χ0v) is 14.4. The second-order valence-corrected chi connectivity index (χ2v) is 6.04. The summed E-state index contributed by atoms with van der Waals surface area (Å²) in [4.78, 5) is 26.0. The number of rotatable bonds is 4. The molecule has 0 radical (unpaired) electrons. The highest BCUT2D eigenvalue weighted by molar-refractivity contribution is 6.00. The van der Waals surface area contributed by atoms with Crippen molar-refractivity contribution in [1.82, 2.24) is 4.57 Å². The summed E-state index contributed by atoms with van der Waals surface area (Å²) in [6.45, 7) is 1.65. The molecule has 0 spiro atoms. The van der Waals surface area contributed by atoms with Crippen molar-refractivity contribution in [2.24, 2.45) is 5.73 Å². The minimum Gasteiger partial charge on any atom is -0.464 e. The van der Waals surface area contributed by atoms with E-state index in [1.165, 1.54) is 17.9 Å². The number of nitrogens with zero attached hydrogens (tertiary/aromatic N) is 3. The van der Waals surface area contributed by atoms with Gasteiger partial charge in [-0.1, -0.05) is 0 Å². The molecule has 26 heavy (non-hydrogen) atoms. The van der Waals surface area contributed by atoms with Gasteiger partial charge in [0.05, 0.1) is 29.6 Å². The lowest BCUT2D eigenvalue weighted by atomic mass is 10.1. The van der Waals surface area contributed by atoms with Gasteiger partial charge < -0.3 is 25.7 Å². The van der Waals surface area contributed by atoms with E-state index in [4.69, 9.17) is 16.2 Å². The first kappa shape index (κ1) is 17.4. The molecular formula is C18H19N5O3. The van der Waals surface area contributed by atoms with Crippen molar-refractivity contribution >= 4 is 23.3 Å². The van der Waals surface area contributed by atoms with E-state index in [2.05, 4.69) is 4.90 Å². The molecule has 0 unspecified atom stereocenters. The number of anilines is 2. The number of ether oxygens (including phenoxy) is 1. The lowest BCUT2D eigenvalue weighted by Crippen LogP contribution is -2.23. The van der Waals surface area contributed by atoms with Gasteiger partial charge in [-0.25, -0.2) is 4.79 Å². The maximum absolute atomic E-state index is 12.2. The van der Waals surface area contributed by atoms with Gasteiger partial charge in [-0.15, -0.1) is 0 Å². The molecule has 0 saturated carbocycles. The number of nitriles is 1. The molecule has 8 heteroatoms. The Morgan fingerprint density at radius 3 is 2.54 bits per heavy atom. The van der Waals surface area contributed by atoms with E-state index in [9.17, 15) is 14.9 Å². The minimum atomic E-state index is -0.647. The molecule has 1 aliphatic heterocycles. The van der Waals surface area contributed by atoms with Gasteiger partial charge in [0.15, 0.2) is 5.69 Å². The smallest absolute Gasteiger partial charge is 0.357 e. The van der Waals surface area contributed by atoms with E-state index in [0.717, 1.165) is 25.9 Å². The number of hydrogen-bond donors (Lipinski definition) is 2. The van der Waals surface area contributed by atoms with Gasteiger partial charge >= 0.3 is 5.97 Å². The van der Waals surface area contributed by atoms with Crippen molar-refractivity contribution in [3.05, 3.63) is 41.2 Å². The summed E-state index contributed by atoms with van der Waals surface area (Å²) < 4.78 is 6.30. The van der Waals surface area contributed by atoms with Gasteiger partial charge in [-0.3, -0.25) is 4.79 Å². The minimum absolute atomic E-state index is 0.0565. The van der Waals surface area contributed by atoms with E-state index < -0.39 is 11.9 Å². The van der Waals surface area contributed by atoms with Crippen LogP contribution in [0.25, 0.3) is 5.69 Å². The fourth-order valence-corrected chi connectivity index (χ4v) is 3.22. The van der Waals surface area contributed by atoms with E-state index in [0.29, 0.717) is 16.9 Å². The second-order valence-electron chi connectivity index (χ2n) is 6.04. The predicted molar refractivity (Wildman–Crippen MR) is 96.2 cm³/mol. The number of nitrogen functional groups attached to an aromatic ring is 1. The van der Waals surface area contributed by atoms with Crippen LogP contribution in [0.5, 0.6) is 0 Å². The fourth-order valence-electron chi connectivity index (χ4n) is 3.22. The van der Waals surface area contributed by atoms with Crippen LogP contribution >= 0.6 is 0 Å². The third-order valence-electron chi connectivity index (χ3n) is 4.52. The van der Waals surface area contributed by atoms with Crippen molar-refractivity contribution in [3.63, 3.8) is 0 Å². The molecule has 8 nitrogen and oxygen atoms in total. The topological polar surface area (TPSA) is 127 Å². The summed E-state index contributed by atoms with van der Waals surface area (Å²) in [5, 5.41) is 9.24. The Morgan fingerprint density at radius 1 is 1.27 bits per heavy atom. The van der Waals surface area contributed by atoms with Gasteiger partial charge in [-0.05, 0) is 31.0 Å². The Hall–Kier alpha value is -3.47. The number of benzene rings is 1. The number of amides is 1. The molecule has 2 heterocycles. The number of carbonyl (C=O) groups is 2. The highest BCUT2D eigenvalue weighted by Gasteiger charge is 2.24. The maximum Gasteiger partial charge on any atom is 0.357 e. The molecule has 4 N–H and O–H groups in total. The highest BCUT2D eigenvalue weighted by Crippen LogP contribution is 2.30. The third-order valence-corrected chi connectivity index (χ3v) is 4.52. The Balaban J connectivity index is 2.19. The van der Waals surface area contributed by atoms with E-state index in [1.54, 1.807) is 18.2 Å². The largest absolute Gasteiger partial charge is 0.464 e. The van der Waals surface area contributed by atoms with Crippen LogP contribution in [0.15, 0.2) is 24.4 Å². The van der Waals surface area contributed by atoms with E-state index in [1.807, 2.05) is 6.07 Å². The van der Waals surface area contributed by atoms with Crippen molar-refractivity contribution in [2.45, 2.75) is 12.8 Å². The van der Waals surface area contributed by atoms with E-state index >= 15 is 0 Å². The van der Waals surface area contributed by atoms with Crippen LogP contribution in [0.1, 0.15) is 39.3 Å². The summed E-state index contributed by atoms with van der Waals surface area (Å²) in [5.74, 6) is -1.16. The van der Waals surface area contributed by atoms with Gasteiger partial charge in [0, 0.05) is 25.0 Å². The number of hydrogen-bond acceptors (Lipinski definition) is 6. The molecule has 0 bridgehead atoms. The summed E-state index contributed by atoms with van der Waals surface area (Å²) in [6, 6.07) is 7.02. The van der Waals surface area contributed by atoms with Crippen molar-refractivity contribution in [3.8, 4) is 11.8 Å². The molecule has 0 atom stereocenters. The van der Waals surface area contributed by atoms with Crippen molar-refractivity contribution in [2.75, 3.05) is 30.8 Å². The quantitative estimate of drug-likeness (QED) is 0.800. The van der Waals surface area contributed by atoms with Crippen LogP contribution in [-0.2, 0) is 4.74 Å². The number of methoxy groups -OCH3 is 1. The molecule has 2 aromatic rings. The zero-order chi connectivity index (χ0) is 18.8. The zero-order valence-electron chi connectivity index (χ0n) is 14.4. The molecule has 1 saturated heterocycles. The predicted octanol–water partition coefficient (Wildman–Crippen LogP) is 1.42. The molecule has 1 amide bonds. The fraction of sp³-hybridized carbons (Fsp3) is 0.278. The van der Waals surface area contributed by atoms with Gasteiger partial charge in [0.2, 0.25) is 0 Å². The summed E-state index contributed by atoms with van der Waals surface area (Å²) in [7, 11) is 1.25. The van der Waals surface area contributed by atoms with Crippen LogP contribution in [0.4, 0.5) is 11.4 Å². The van der Waals surface area contributed by atoms with Crippen LogP contribution in [0.2, 0.25) is 0 Å². The number of esters is 1. The van der Waals surface area contributed by atoms with Crippen LogP contribution in [-0.4, -0.2) is 36.6 Å². The SMILES string of the molecule is COC(=O)c1c(N)c(C#N)cn1-c1ccc(C(N)=O)c(N2CCCC2)c1. The summed E-state index contributed by atoms with van der Waals surface area (Å²) in [5.41, 5.74) is 13.5. The number of primary amides is 1. The number of aromatic nitrogens is 1. The van der Waals surface area contributed by atoms with Crippen LogP contribution in [0.3, 0.4) is 0 Å². The monoisotopic (exact) mass is 353 g/mol. The summed E-state index contributed by atoms with van der Waals surface area (Å²) in [6.07, 6.45) is 3.55. The first-order valence-electron chi connectivity index (χ1n) is 8.16. The Kier molecular flexibility index (Phi) is 4.54. The van der Waals surface area contributed by atoms with Crippen LogP contribution < -0.4 is 16.4 Å². The van der Waals surface area contributed by atoms with E-state index in [-0.39, 0.29) is 16.9 Å². The lowest BCUT2D eigenvalue weighted by molar-refractivity contribution is 0.0593. The average molecular weight is 353 g/mol. The van der Waals surface area contributed by atoms with Crippen LogP contribution in [0, 0.1) is 11.3 Å². The Morgan fingerprint density at radius 2 is 1.96 bits per heavy atom. The van der Waals surface area contributed by atoms with Crippen molar-refractivity contribution in [1.29, 1.82) is 5.26 Å². The first-order valence-corrected chi connectivity index (χ1v) is 8.16. The van der Waals surface area contributed by atoms with Gasteiger partial charge in [0.25, 0.3) is 5.91 Å². The lowest BCUT2D eigenvalue weighted by Gasteiger charge is -2.21. The number of nitrogens with two attached hydrogens (primary N) is 2. The van der Waals surface area contributed by atoms with Gasteiger partial charge in [0.1, 0.15) is 6.07 Å². The maximum atomic E-state index is 12.2. The van der Waals surface area contributed by atoms with Crippen molar-refractivity contribution < 1.29 is 14.3 Å². The van der Waals surface area contributed by atoms with Gasteiger partial charge in [-0.2, -0.15) is 5.26 Å². The molecule has 1 aromatic heterocycles. The highest BCUT2D eigenvalue weighted by atomic mass is 16.5. The average Bonchev–Trinajstić information content (AvgIpc) is 3.28. The Labute approximate surface area is 150 Å². The molecule has 1 aromatic carbocycles. The molecule has 0 aliphatic carbocycles. The third kappa shape index (κ3) is 2.84. The molecule has 134 valence electrons. The summed E-state index contributed by atoms with van der Waals surface area (Å²) >= 11 is 0. The molecule has 3 rings (SSSR count). The second kappa shape index (κ2) is 6.80.